The number of piperidine rings is 1. The van der Waals surface area contributed by atoms with Crippen molar-refractivity contribution in [3.63, 3.8) is 0 Å². The number of ether oxygens (including phenoxy) is 2. The van der Waals surface area contributed by atoms with E-state index in [1.54, 1.807) is 14.2 Å². The Balaban J connectivity index is 0.000000181. The molecule has 3 atom stereocenters. The van der Waals surface area contributed by atoms with Crippen LogP contribution in [0.4, 0.5) is 0 Å². The lowest BCUT2D eigenvalue weighted by molar-refractivity contribution is 0.331. The zero-order valence-electron chi connectivity index (χ0n) is 20.4. The van der Waals surface area contributed by atoms with Crippen molar-refractivity contribution in [2.45, 2.75) is 59.4 Å². The molecule has 1 N–H and O–H groups in total. The Kier molecular flexibility index (Phi) is 8.62. The van der Waals surface area contributed by atoms with Crippen LogP contribution in [0, 0.1) is 25.7 Å². The molecule has 0 spiro atoms. The van der Waals surface area contributed by atoms with E-state index in [2.05, 4.69) is 40.2 Å². The van der Waals surface area contributed by atoms with Crippen LogP contribution in [-0.4, -0.2) is 43.0 Å². The van der Waals surface area contributed by atoms with Crippen molar-refractivity contribution in [3.8, 4) is 11.5 Å². The lowest BCUT2D eigenvalue weighted by Gasteiger charge is -2.28. The van der Waals surface area contributed by atoms with E-state index in [1.807, 2.05) is 32.3 Å². The summed E-state index contributed by atoms with van der Waals surface area (Å²) in [6.45, 7) is 10.5. The monoisotopic (exact) mass is 438 g/mol. The van der Waals surface area contributed by atoms with Gasteiger partial charge in [-0.25, -0.2) is 0 Å². The SMILES string of the molecule is COc1cc(C2=NC[C@@H](C)CC2)cnc1C.COc1cc([C@H]2CC[C@H](C)CN2)cnc1C. The number of aliphatic imine (C=N–C) groups is 1. The molecule has 0 radical (unpaired) electrons. The average Bonchev–Trinajstić information content (AvgIpc) is 2.81. The Labute approximate surface area is 192 Å². The highest BCUT2D eigenvalue weighted by molar-refractivity contribution is 6.01. The Bertz CT molecular complexity index is 920. The van der Waals surface area contributed by atoms with Gasteiger partial charge in [-0.15, -0.1) is 0 Å². The third kappa shape index (κ3) is 6.28. The van der Waals surface area contributed by atoms with Crippen LogP contribution >= 0.6 is 0 Å². The first-order valence-corrected chi connectivity index (χ1v) is 11.7. The summed E-state index contributed by atoms with van der Waals surface area (Å²) < 4.78 is 10.6. The fraction of sp³-hybridized carbons (Fsp3) is 0.577. The molecule has 1 saturated heterocycles. The summed E-state index contributed by atoms with van der Waals surface area (Å²) in [7, 11) is 3.38. The van der Waals surface area contributed by atoms with Gasteiger partial charge in [0.05, 0.1) is 25.6 Å². The van der Waals surface area contributed by atoms with Gasteiger partial charge in [0.15, 0.2) is 0 Å². The summed E-state index contributed by atoms with van der Waals surface area (Å²) in [6.07, 6.45) is 8.60. The fourth-order valence-corrected chi connectivity index (χ4v) is 4.14. The highest BCUT2D eigenvalue weighted by atomic mass is 16.5. The first-order chi connectivity index (χ1) is 15.4. The van der Waals surface area contributed by atoms with Gasteiger partial charge in [-0.05, 0) is 75.6 Å². The number of aromatic nitrogens is 2. The summed E-state index contributed by atoms with van der Waals surface area (Å²) in [4.78, 5) is 13.3. The van der Waals surface area contributed by atoms with Crippen LogP contribution in [0.3, 0.4) is 0 Å². The minimum absolute atomic E-state index is 0.443. The number of rotatable bonds is 4. The minimum atomic E-state index is 0.443. The molecule has 174 valence electrons. The maximum absolute atomic E-state index is 5.31. The van der Waals surface area contributed by atoms with Gasteiger partial charge in [0.2, 0.25) is 0 Å². The smallest absolute Gasteiger partial charge is 0.140 e. The third-order valence-corrected chi connectivity index (χ3v) is 6.41. The van der Waals surface area contributed by atoms with Crippen molar-refractivity contribution in [2.75, 3.05) is 27.3 Å². The minimum Gasteiger partial charge on any atom is -0.495 e. The van der Waals surface area contributed by atoms with Crippen molar-refractivity contribution >= 4 is 5.71 Å². The molecule has 6 heteroatoms. The molecule has 2 aliphatic heterocycles. The molecular formula is C26H38N4O2. The lowest BCUT2D eigenvalue weighted by Crippen LogP contribution is -2.31. The molecule has 6 nitrogen and oxygen atoms in total. The van der Waals surface area contributed by atoms with Crippen LogP contribution in [0.5, 0.6) is 11.5 Å². The molecule has 32 heavy (non-hydrogen) atoms. The topological polar surface area (TPSA) is 68.6 Å². The molecule has 4 heterocycles. The van der Waals surface area contributed by atoms with E-state index in [4.69, 9.17) is 9.47 Å². The molecule has 0 saturated carbocycles. The summed E-state index contributed by atoms with van der Waals surface area (Å²) in [5.41, 5.74) is 5.40. The summed E-state index contributed by atoms with van der Waals surface area (Å²) >= 11 is 0. The van der Waals surface area contributed by atoms with Crippen LogP contribution in [0.1, 0.15) is 68.1 Å². The molecule has 2 aromatic heterocycles. The van der Waals surface area contributed by atoms with Crippen LogP contribution in [0.2, 0.25) is 0 Å². The average molecular weight is 439 g/mol. The Hall–Kier alpha value is -2.47. The van der Waals surface area contributed by atoms with Crippen LogP contribution < -0.4 is 14.8 Å². The molecule has 4 rings (SSSR count). The van der Waals surface area contributed by atoms with Gasteiger partial charge in [0.25, 0.3) is 0 Å². The van der Waals surface area contributed by atoms with Gasteiger partial charge in [-0.3, -0.25) is 15.0 Å². The lowest BCUT2D eigenvalue weighted by atomic mass is 9.93. The number of hydrogen-bond donors (Lipinski definition) is 1. The molecule has 1 fully saturated rings. The molecular weight excluding hydrogens is 400 g/mol. The summed E-state index contributed by atoms with van der Waals surface area (Å²) in [5, 5.41) is 3.56. The molecule has 0 unspecified atom stereocenters. The predicted molar refractivity (Wildman–Crippen MR) is 130 cm³/mol. The fourth-order valence-electron chi connectivity index (χ4n) is 4.14. The Morgan fingerprint density at radius 1 is 0.875 bits per heavy atom. The van der Waals surface area contributed by atoms with Crippen LogP contribution in [0.25, 0.3) is 0 Å². The van der Waals surface area contributed by atoms with E-state index in [-0.39, 0.29) is 0 Å². The van der Waals surface area contributed by atoms with E-state index in [9.17, 15) is 0 Å². The van der Waals surface area contributed by atoms with Crippen molar-refractivity contribution in [2.24, 2.45) is 16.8 Å². The normalized spacial score (nSPS) is 22.9. The molecule has 0 aromatic carbocycles. The quantitative estimate of drug-likeness (QED) is 0.721. The number of nitrogens with zero attached hydrogens (tertiary/aromatic N) is 3. The van der Waals surface area contributed by atoms with Crippen molar-refractivity contribution in [1.29, 1.82) is 0 Å². The molecule has 2 aliphatic rings. The second-order valence-corrected chi connectivity index (χ2v) is 9.14. The van der Waals surface area contributed by atoms with E-state index < -0.39 is 0 Å². The second kappa shape index (κ2) is 11.4. The van der Waals surface area contributed by atoms with Crippen LogP contribution in [0.15, 0.2) is 29.5 Å². The molecule has 0 aliphatic carbocycles. The maximum atomic E-state index is 5.31. The maximum Gasteiger partial charge on any atom is 0.140 e. The van der Waals surface area contributed by atoms with E-state index in [0.717, 1.165) is 53.9 Å². The molecule has 2 aromatic rings. The van der Waals surface area contributed by atoms with Gasteiger partial charge >= 0.3 is 0 Å². The van der Waals surface area contributed by atoms with Crippen molar-refractivity contribution in [3.05, 3.63) is 47.0 Å². The number of aryl methyl sites for hydroxylation is 2. The van der Waals surface area contributed by atoms with Gasteiger partial charge in [0.1, 0.15) is 11.5 Å². The first-order valence-electron chi connectivity index (χ1n) is 11.7. The largest absolute Gasteiger partial charge is 0.495 e. The predicted octanol–water partition coefficient (Wildman–Crippen LogP) is 5.08. The highest BCUT2D eigenvalue weighted by Crippen LogP contribution is 2.28. The van der Waals surface area contributed by atoms with Crippen LogP contribution in [-0.2, 0) is 0 Å². The van der Waals surface area contributed by atoms with Gasteiger partial charge in [0, 0.05) is 36.3 Å². The van der Waals surface area contributed by atoms with Gasteiger partial charge < -0.3 is 14.8 Å². The summed E-state index contributed by atoms with van der Waals surface area (Å²) in [6, 6.07) is 4.59. The number of hydrogen-bond acceptors (Lipinski definition) is 6. The van der Waals surface area contributed by atoms with E-state index in [0.29, 0.717) is 12.0 Å². The standard InChI is InChI=1S/C13H20N2O.C13H18N2O/c2*1-9-4-5-12(15-7-9)11-6-13(16-3)10(2)14-8-11/h6,8-9,12,15H,4-5,7H2,1-3H3;6,8-9H,4-5,7H2,1-3H3/t9-,12+;9-/m00/s1. The number of pyridine rings is 2. The third-order valence-electron chi connectivity index (χ3n) is 6.41. The van der Waals surface area contributed by atoms with Crippen molar-refractivity contribution < 1.29 is 9.47 Å². The van der Waals surface area contributed by atoms with E-state index >= 15 is 0 Å². The second-order valence-electron chi connectivity index (χ2n) is 9.14. The zero-order valence-corrected chi connectivity index (χ0v) is 20.4. The van der Waals surface area contributed by atoms with Crippen molar-refractivity contribution in [1.82, 2.24) is 15.3 Å². The first kappa shape index (κ1) is 24.2. The zero-order chi connectivity index (χ0) is 23.1. The van der Waals surface area contributed by atoms with Gasteiger partial charge in [-0.1, -0.05) is 13.8 Å². The van der Waals surface area contributed by atoms with Gasteiger partial charge in [-0.2, -0.15) is 0 Å². The highest BCUT2D eigenvalue weighted by Gasteiger charge is 2.20. The number of methoxy groups -OCH3 is 2. The molecule has 0 amide bonds. The summed E-state index contributed by atoms with van der Waals surface area (Å²) in [5.74, 6) is 3.23. The number of nitrogens with one attached hydrogen (secondary N) is 1. The van der Waals surface area contributed by atoms with E-state index in [1.165, 1.54) is 30.5 Å². The molecule has 0 bridgehead atoms. The Morgan fingerprint density at radius 2 is 1.56 bits per heavy atom. The Morgan fingerprint density at radius 3 is 2.16 bits per heavy atom.